The fourth-order valence-electron chi connectivity index (χ4n) is 1.37. The van der Waals surface area contributed by atoms with Gasteiger partial charge in [-0.15, -0.1) is 11.3 Å². The summed E-state index contributed by atoms with van der Waals surface area (Å²) in [4.78, 5) is 0.313. The zero-order valence-corrected chi connectivity index (χ0v) is 13.2. The monoisotopic (exact) mass is 418 g/mol. The van der Waals surface area contributed by atoms with Crippen LogP contribution in [0.15, 0.2) is 22.7 Å². The molecule has 0 saturated heterocycles. The molecule has 0 N–H and O–H groups in total. The maximum absolute atomic E-state index is 13.1. The molecule has 1 atom stereocenters. The quantitative estimate of drug-likeness (QED) is 0.409. The largest absolute Gasteiger partial charge is 0.204 e. The van der Waals surface area contributed by atoms with E-state index >= 15 is 0 Å². The minimum atomic E-state index is -1.47. The topological polar surface area (TPSA) is 0 Å². The molecule has 2 rings (SSSR count). The molecular formula is C11H4Br2ClF3S. The molecule has 1 heterocycles. The Bertz CT molecular complexity index is 557. The van der Waals surface area contributed by atoms with Crippen molar-refractivity contribution in [1.29, 1.82) is 0 Å². The lowest BCUT2D eigenvalue weighted by Crippen LogP contribution is -1.97. The zero-order chi connectivity index (χ0) is 13.4. The molecule has 0 aliphatic rings. The van der Waals surface area contributed by atoms with E-state index in [2.05, 4.69) is 31.9 Å². The van der Waals surface area contributed by atoms with Crippen molar-refractivity contribution in [1.82, 2.24) is 0 Å². The molecule has 0 spiro atoms. The smallest absolute Gasteiger partial charge is 0.194 e. The Morgan fingerprint density at radius 3 is 2.11 bits per heavy atom. The van der Waals surface area contributed by atoms with Gasteiger partial charge in [-0.1, -0.05) is 27.5 Å². The van der Waals surface area contributed by atoms with Crippen LogP contribution in [0.3, 0.4) is 0 Å². The van der Waals surface area contributed by atoms with Crippen molar-refractivity contribution in [2.24, 2.45) is 0 Å². The first-order valence-electron chi connectivity index (χ1n) is 4.63. The van der Waals surface area contributed by atoms with Crippen LogP contribution in [0.4, 0.5) is 13.2 Å². The predicted octanol–water partition coefficient (Wildman–Crippen LogP) is 6.07. The Morgan fingerprint density at radius 2 is 1.67 bits per heavy atom. The highest BCUT2D eigenvalue weighted by molar-refractivity contribution is 9.10. The van der Waals surface area contributed by atoms with Gasteiger partial charge in [0, 0.05) is 9.35 Å². The first-order chi connectivity index (χ1) is 8.40. The molecule has 1 aromatic heterocycles. The third-order valence-electron chi connectivity index (χ3n) is 2.21. The van der Waals surface area contributed by atoms with Gasteiger partial charge in [0.25, 0.3) is 0 Å². The Labute approximate surface area is 127 Å². The predicted molar refractivity (Wildman–Crippen MR) is 74.1 cm³/mol. The number of hydrogen-bond donors (Lipinski definition) is 0. The summed E-state index contributed by atoms with van der Waals surface area (Å²) in [6.07, 6.45) is 0. The molecule has 0 bridgehead atoms. The lowest BCUT2D eigenvalue weighted by atomic mass is 10.1. The summed E-state index contributed by atoms with van der Waals surface area (Å²) in [5.74, 6) is -3.89. The Morgan fingerprint density at radius 1 is 1.11 bits per heavy atom. The van der Waals surface area contributed by atoms with E-state index in [1.54, 1.807) is 6.07 Å². The molecule has 2 aromatic rings. The van der Waals surface area contributed by atoms with E-state index in [1.807, 2.05) is 0 Å². The van der Waals surface area contributed by atoms with Crippen molar-refractivity contribution >= 4 is 54.8 Å². The Kier molecular flexibility index (Phi) is 4.41. The molecule has 1 aromatic carbocycles. The minimum Gasteiger partial charge on any atom is -0.204 e. The van der Waals surface area contributed by atoms with Gasteiger partial charge in [0.2, 0.25) is 0 Å². The summed E-state index contributed by atoms with van der Waals surface area (Å²) < 4.78 is 40.4. The highest BCUT2D eigenvalue weighted by Gasteiger charge is 2.19. The van der Waals surface area contributed by atoms with E-state index < -0.39 is 22.3 Å². The van der Waals surface area contributed by atoms with Gasteiger partial charge in [-0.3, -0.25) is 0 Å². The number of rotatable bonds is 2. The zero-order valence-electron chi connectivity index (χ0n) is 8.49. The number of benzene rings is 1. The number of halogens is 6. The van der Waals surface area contributed by atoms with E-state index in [4.69, 9.17) is 11.6 Å². The lowest BCUT2D eigenvalue weighted by Gasteiger charge is -2.08. The second kappa shape index (κ2) is 5.53. The van der Waals surface area contributed by atoms with Crippen molar-refractivity contribution in [3.05, 3.63) is 54.9 Å². The first-order valence-corrected chi connectivity index (χ1v) is 7.53. The van der Waals surface area contributed by atoms with Gasteiger partial charge in [0.1, 0.15) is 4.34 Å². The number of thiophene rings is 1. The summed E-state index contributed by atoms with van der Waals surface area (Å²) in [5, 5.41) is 0. The Balaban J connectivity index is 2.42. The molecule has 96 valence electrons. The SMILES string of the molecule is Fc1cc(C(Br)c2cc(Br)c(Cl)s2)cc(F)c1F. The van der Waals surface area contributed by atoms with E-state index in [9.17, 15) is 13.2 Å². The van der Waals surface area contributed by atoms with Crippen LogP contribution >= 0.6 is 54.8 Å². The second-order valence-corrected chi connectivity index (χ2v) is 6.89. The van der Waals surface area contributed by atoms with E-state index in [-0.39, 0.29) is 5.56 Å². The molecule has 18 heavy (non-hydrogen) atoms. The van der Waals surface area contributed by atoms with Crippen LogP contribution in [0.1, 0.15) is 15.3 Å². The fourth-order valence-corrected chi connectivity index (χ4v) is 3.79. The number of hydrogen-bond acceptors (Lipinski definition) is 1. The molecule has 0 aliphatic heterocycles. The van der Waals surface area contributed by atoms with Gasteiger partial charge in [-0.2, -0.15) is 0 Å². The molecular weight excluding hydrogens is 416 g/mol. The van der Waals surface area contributed by atoms with Crippen LogP contribution in [0.25, 0.3) is 0 Å². The normalized spacial score (nSPS) is 12.8. The van der Waals surface area contributed by atoms with Gasteiger partial charge in [-0.25, -0.2) is 13.2 Å². The molecule has 7 heteroatoms. The van der Waals surface area contributed by atoms with Gasteiger partial charge < -0.3 is 0 Å². The average molecular weight is 420 g/mol. The van der Waals surface area contributed by atoms with Gasteiger partial charge in [0.05, 0.1) is 4.83 Å². The molecule has 0 saturated carbocycles. The molecule has 0 nitrogen and oxygen atoms in total. The summed E-state index contributed by atoms with van der Waals surface area (Å²) in [7, 11) is 0. The van der Waals surface area contributed by atoms with Crippen LogP contribution < -0.4 is 0 Å². The fraction of sp³-hybridized carbons (Fsp3) is 0.0909. The summed E-state index contributed by atoms with van der Waals surface area (Å²) >= 11 is 13.7. The highest BCUT2D eigenvalue weighted by Crippen LogP contribution is 2.41. The molecule has 0 amide bonds. The van der Waals surface area contributed by atoms with E-state index in [0.29, 0.717) is 8.81 Å². The maximum Gasteiger partial charge on any atom is 0.194 e. The molecule has 0 aliphatic carbocycles. The molecule has 0 radical (unpaired) electrons. The van der Waals surface area contributed by atoms with Crippen LogP contribution in [-0.2, 0) is 0 Å². The van der Waals surface area contributed by atoms with Crippen LogP contribution in [0, 0.1) is 17.5 Å². The molecule has 0 fully saturated rings. The highest BCUT2D eigenvalue weighted by atomic mass is 79.9. The maximum atomic E-state index is 13.1. The standard InChI is InChI=1S/C11H4Br2ClF3S/c12-5-3-8(18-11(5)14)9(13)4-1-6(15)10(17)7(16)2-4/h1-3,9H. The molecule has 1 unspecified atom stereocenters. The van der Waals surface area contributed by atoms with E-state index in [1.165, 1.54) is 11.3 Å². The van der Waals surface area contributed by atoms with Crippen molar-refractivity contribution < 1.29 is 13.2 Å². The van der Waals surface area contributed by atoms with Crippen LogP contribution in [0.5, 0.6) is 0 Å². The van der Waals surface area contributed by atoms with Gasteiger partial charge >= 0.3 is 0 Å². The minimum absolute atomic E-state index is 0.289. The summed E-state index contributed by atoms with van der Waals surface area (Å²) in [5.41, 5.74) is 0.289. The van der Waals surface area contributed by atoms with Crippen molar-refractivity contribution in [2.75, 3.05) is 0 Å². The average Bonchev–Trinajstić information content (AvgIpc) is 2.65. The summed E-state index contributed by atoms with van der Waals surface area (Å²) in [6.45, 7) is 0. The van der Waals surface area contributed by atoms with Gasteiger partial charge in [0.15, 0.2) is 17.5 Å². The van der Waals surface area contributed by atoms with Crippen molar-refractivity contribution in [3.8, 4) is 0 Å². The lowest BCUT2D eigenvalue weighted by molar-refractivity contribution is 0.445. The number of alkyl halides is 1. The third-order valence-corrected chi connectivity index (χ3v) is 6.08. The van der Waals surface area contributed by atoms with Gasteiger partial charge in [-0.05, 0) is 39.7 Å². The van der Waals surface area contributed by atoms with Crippen molar-refractivity contribution in [2.45, 2.75) is 4.83 Å². The first kappa shape index (κ1) is 14.4. The van der Waals surface area contributed by atoms with Crippen molar-refractivity contribution in [3.63, 3.8) is 0 Å². The third kappa shape index (κ3) is 2.76. The van der Waals surface area contributed by atoms with Crippen LogP contribution in [-0.4, -0.2) is 0 Å². The second-order valence-electron chi connectivity index (χ2n) is 3.43. The van der Waals surface area contributed by atoms with E-state index in [0.717, 1.165) is 17.0 Å². The van der Waals surface area contributed by atoms with Crippen LogP contribution in [0.2, 0.25) is 4.34 Å². The Hall–Kier alpha value is -0.0400. The summed E-state index contributed by atoms with van der Waals surface area (Å²) in [6, 6.07) is 3.66.